The molecule has 1 saturated heterocycles. The highest BCUT2D eigenvalue weighted by Gasteiger charge is 2.81. The number of ketones is 1. The highest BCUT2D eigenvalue weighted by Crippen LogP contribution is 2.73. The Balaban J connectivity index is 1.72. The summed E-state index contributed by atoms with van der Waals surface area (Å²) in [7, 11) is 0. The van der Waals surface area contributed by atoms with Crippen molar-refractivity contribution in [2.24, 2.45) is 22.7 Å². The van der Waals surface area contributed by atoms with Crippen molar-refractivity contribution in [2.45, 2.75) is 64.8 Å². The summed E-state index contributed by atoms with van der Waals surface area (Å²) < 4.78 is 12.1. The molecule has 4 heteroatoms. The van der Waals surface area contributed by atoms with Crippen LogP contribution in [-0.4, -0.2) is 29.6 Å². The highest BCUT2D eigenvalue weighted by molar-refractivity contribution is 6.24. The first-order valence-electron chi connectivity index (χ1n) is 9.11. The van der Waals surface area contributed by atoms with Gasteiger partial charge in [0.1, 0.15) is 11.2 Å². The fraction of sp³-hybridized carbons (Fsp3) is 0.700. The van der Waals surface area contributed by atoms with Crippen molar-refractivity contribution in [3.8, 4) is 0 Å². The highest BCUT2D eigenvalue weighted by atomic mass is 16.7. The molecular formula is C20H24O4. The van der Waals surface area contributed by atoms with Gasteiger partial charge in [-0.1, -0.05) is 33.8 Å². The van der Waals surface area contributed by atoms with Crippen molar-refractivity contribution in [3.05, 3.63) is 23.3 Å². The summed E-state index contributed by atoms with van der Waals surface area (Å²) in [5.41, 5.74) is 0.468. The zero-order valence-electron chi connectivity index (χ0n) is 14.7. The maximum Gasteiger partial charge on any atom is 0.342 e. The molecule has 24 heavy (non-hydrogen) atoms. The Bertz CT molecular complexity index is 747. The molecule has 2 heterocycles. The van der Waals surface area contributed by atoms with Crippen LogP contribution in [0.5, 0.6) is 0 Å². The van der Waals surface area contributed by atoms with E-state index in [0.717, 1.165) is 24.8 Å². The summed E-state index contributed by atoms with van der Waals surface area (Å²) in [6.07, 6.45) is 6.32. The van der Waals surface area contributed by atoms with E-state index in [4.69, 9.17) is 9.47 Å². The van der Waals surface area contributed by atoms with Gasteiger partial charge >= 0.3 is 5.97 Å². The first-order chi connectivity index (χ1) is 11.2. The fourth-order valence-electron chi connectivity index (χ4n) is 6.38. The number of hydrogen-bond acceptors (Lipinski definition) is 4. The number of carbonyl (C=O) groups excluding carboxylic acids is 2. The molecule has 4 nitrogen and oxygen atoms in total. The number of ether oxygens (including phenoxy) is 2. The first kappa shape index (κ1) is 14.9. The van der Waals surface area contributed by atoms with Crippen molar-refractivity contribution < 1.29 is 19.1 Å². The van der Waals surface area contributed by atoms with Crippen LogP contribution >= 0.6 is 0 Å². The van der Waals surface area contributed by atoms with Gasteiger partial charge in [0, 0.05) is 16.4 Å². The minimum atomic E-state index is -0.448. The topological polar surface area (TPSA) is 55.9 Å². The Morgan fingerprint density at radius 2 is 1.96 bits per heavy atom. The van der Waals surface area contributed by atoms with Gasteiger partial charge < -0.3 is 9.47 Å². The zero-order valence-corrected chi connectivity index (χ0v) is 14.7. The summed E-state index contributed by atoms with van der Waals surface area (Å²) in [5.74, 6) is 0.476. The lowest BCUT2D eigenvalue weighted by molar-refractivity contribution is -0.146. The largest absolute Gasteiger partial charge is 0.451 e. The van der Waals surface area contributed by atoms with Crippen molar-refractivity contribution in [1.29, 1.82) is 0 Å². The normalized spacial score (nSPS) is 51.3. The summed E-state index contributed by atoms with van der Waals surface area (Å²) in [6.45, 7) is 9.03. The lowest BCUT2D eigenvalue weighted by Gasteiger charge is -2.41. The third kappa shape index (κ3) is 1.38. The van der Waals surface area contributed by atoms with E-state index in [9.17, 15) is 9.59 Å². The first-order valence-corrected chi connectivity index (χ1v) is 9.11. The van der Waals surface area contributed by atoms with E-state index in [1.54, 1.807) is 6.08 Å². The molecule has 0 N–H and O–H groups in total. The van der Waals surface area contributed by atoms with Crippen molar-refractivity contribution in [2.75, 3.05) is 0 Å². The molecule has 0 unspecified atom stereocenters. The van der Waals surface area contributed by atoms with E-state index in [1.165, 1.54) is 0 Å². The third-order valence-corrected chi connectivity index (χ3v) is 7.72. The van der Waals surface area contributed by atoms with Gasteiger partial charge in [-0.25, -0.2) is 4.79 Å². The van der Waals surface area contributed by atoms with Crippen LogP contribution in [0.2, 0.25) is 0 Å². The van der Waals surface area contributed by atoms with Crippen molar-refractivity contribution >= 4 is 11.8 Å². The maximum atomic E-state index is 12.5. The minimum absolute atomic E-state index is 0.0174. The second kappa shape index (κ2) is 4.04. The molecule has 5 rings (SSSR count). The molecule has 3 aliphatic carbocycles. The number of carbonyl (C=O) groups is 2. The zero-order chi connectivity index (χ0) is 17.1. The number of esters is 1. The molecule has 128 valence electrons. The molecule has 0 radical (unpaired) electrons. The van der Waals surface area contributed by atoms with Crippen LogP contribution in [-0.2, 0) is 19.1 Å². The van der Waals surface area contributed by atoms with Gasteiger partial charge in [-0.3, -0.25) is 4.79 Å². The van der Waals surface area contributed by atoms with Crippen molar-refractivity contribution in [1.82, 2.24) is 0 Å². The Labute approximate surface area is 142 Å². The minimum Gasteiger partial charge on any atom is -0.451 e. The maximum absolute atomic E-state index is 12.5. The van der Waals surface area contributed by atoms with Crippen LogP contribution in [0.25, 0.3) is 0 Å². The molecule has 0 amide bonds. The van der Waals surface area contributed by atoms with Gasteiger partial charge in [-0.15, -0.1) is 0 Å². The Morgan fingerprint density at radius 1 is 1.21 bits per heavy atom. The monoisotopic (exact) mass is 328 g/mol. The lowest BCUT2D eigenvalue weighted by atomic mass is 9.65. The average molecular weight is 328 g/mol. The average Bonchev–Trinajstić information content (AvgIpc) is 3.08. The standard InChI is InChI=1S/C20H24O4/c1-10(2)11-9-13-20(24-13)16-15-14(17(22)23-16)12(21)5-6-18(15,3)7-8-19(11,20)4/h5-6,10-11,13,16H,7-9H2,1-4H3/t11-,13+,16-,18+,19-,20-/m1/s1. The van der Waals surface area contributed by atoms with Crippen LogP contribution in [0.4, 0.5) is 0 Å². The summed E-state index contributed by atoms with van der Waals surface area (Å²) in [4.78, 5) is 24.8. The van der Waals surface area contributed by atoms with Gasteiger partial charge in [-0.2, -0.15) is 0 Å². The van der Waals surface area contributed by atoms with Gasteiger partial charge in [0.2, 0.25) is 0 Å². The van der Waals surface area contributed by atoms with E-state index in [2.05, 4.69) is 27.7 Å². The number of allylic oxidation sites excluding steroid dienone is 2. The van der Waals surface area contributed by atoms with E-state index >= 15 is 0 Å². The van der Waals surface area contributed by atoms with E-state index in [-0.39, 0.29) is 34.4 Å². The summed E-state index contributed by atoms with van der Waals surface area (Å²) in [5, 5.41) is 0. The van der Waals surface area contributed by atoms with Crippen LogP contribution in [0.15, 0.2) is 23.3 Å². The molecule has 1 spiro atoms. The molecule has 6 atom stereocenters. The molecule has 0 bridgehead atoms. The molecule has 0 aromatic carbocycles. The molecule has 3 fully saturated rings. The molecular weight excluding hydrogens is 304 g/mol. The van der Waals surface area contributed by atoms with Crippen LogP contribution in [0.3, 0.4) is 0 Å². The van der Waals surface area contributed by atoms with Crippen molar-refractivity contribution in [3.63, 3.8) is 0 Å². The van der Waals surface area contributed by atoms with E-state index < -0.39 is 11.6 Å². The van der Waals surface area contributed by atoms with Crippen LogP contribution < -0.4 is 0 Å². The van der Waals surface area contributed by atoms with Gasteiger partial charge in [0.15, 0.2) is 11.9 Å². The fourth-order valence-corrected chi connectivity index (χ4v) is 6.38. The number of rotatable bonds is 1. The Morgan fingerprint density at radius 3 is 2.67 bits per heavy atom. The quantitative estimate of drug-likeness (QED) is 0.422. The van der Waals surface area contributed by atoms with Gasteiger partial charge in [0.05, 0.1) is 6.10 Å². The smallest absolute Gasteiger partial charge is 0.342 e. The summed E-state index contributed by atoms with van der Waals surface area (Å²) in [6, 6.07) is 0. The van der Waals surface area contributed by atoms with Gasteiger partial charge in [-0.05, 0) is 37.2 Å². The molecule has 5 aliphatic rings. The predicted octanol–water partition coefficient (Wildman–Crippen LogP) is 2.97. The molecule has 0 aromatic heterocycles. The Hall–Kier alpha value is -1.42. The number of hydrogen-bond donors (Lipinski definition) is 0. The second-order valence-electron chi connectivity index (χ2n) is 9.09. The third-order valence-electron chi connectivity index (χ3n) is 7.72. The van der Waals surface area contributed by atoms with Crippen LogP contribution in [0, 0.1) is 22.7 Å². The lowest BCUT2D eigenvalue weighted by Crippen LogP contribution is -2.47. The molecule has 2 saturated carbocycles. The van der Waals surface area contributed by atoms with Gasteiger partial charge in [0.25, 0.3) is 0 Å². The van der Waals surface area contributed by atoms with E-state index in [1.807, 2.05) is 6.08 Å². The van der Waals surface area contributed by atoms with E-state index in [0.29, 0.717) is 11.8 Å². The molecule has 0 aromatic rings. The summed E-state index contributed by atoms with van der Waals surface area (Å²) >= 11 is 0. The number of epoxide rings is 1. The molecule has 2 aliphatic heterocycles. The van der Waals surface area contributed by atoms with Crippen LogP contribution in [0.1, 0.15) is 47.0 Å². The Kier molecular flexibility index (Phi) is 2.50. The predicted molar refractivity (Wildman–Crippen MR) is 87.1 cm³/mol. The second-order valence-corrected chi connectivity index (χ2v) is 9.09. The SMILES string of the molecule is CC(C)[C@H]1C[C@@H]2O[C@@]23[C@@H]2OC(=O)C4=C2[C@@](C)(C=CC4=O)CC[C@]13C.